The van der Waals surface area contributed by atoms with E-state index >= 15 is 0 Å². The lowest BCUT2D eigenvalue weighted by Gasteiger charge is -2.12. The van der Waals surface area contributed by atoms with Crippen LogP contribution in [0.1, 0.15) is 11.1 Å². The summed E-state index contributed by atoms with van der Waals surface area (Å²) in [5, 5.41) is 1.73. The molecule has 10 heteroatoms. The highest BCUT2D eigenvalue weighted by Crippen LogP contribution is 2.36. The maximum absolute atomic E-state index is 13.4. The summed E-state index contributed by atoms with van der Waals surface area (Å²) in [5.41, 5.74) is 6.07. The maximum Gasteiger partial charge on any atom is 0.417 e. The lowest BCUT2D eigenvalue weighted by Crippen LogP contribution is -2.14. The van der Waals surface area contributed by atoms with E-state index in [4.69, 9.17) is 22.1 Å². The summed E-state index contributed by atoms with van der Waals surface area (Å²) in [6.07, 6.45) is -4.62. The Labute approximate surface area is 173 Å². The Hall–Kier alpha value is -3.33. The van der Waals surface area contributed by atoms with Gasteiger partial charge in [-0.15, -0.1) is 0 Å². The standard InChI is InChI=1S/C20H14ClF4N3O2/c21-17-5-4-14(8-16(17)20(23,24)25)28-19(29)30-10-11-2-1-3-12(6-11)15-7-13(22)9-27-18(15)26/h1-9H,10H2,(H2,26,27)(H,28,29). The molecule has 0 unspecified atom stereocenters. The third-order valence-corrected chi connectivity index (χ3v) is 4.34. The number of anilines is 2. The highest BCUT2D eigenvalue weighted by atomic mass is 35.5. The van der Waals surface area contributed by atoms with Crippen molar-refractivity contribution in [2.45, 2.75) is 12.8 Å². The summed E-state index contributed by atoms with van der Waals surface area (Å²) >= 11 is 5.54. The van der Waals surface area contributed by atoms with Gasteiger partial charge < -0.3 is 10.5 Å². The van der Waals surface area contributed by atoms with Crippen LogP contribution in [-0.2, 0) is 17.5 Å². The van der Waals surface area contributed by atoms with Crippen molar-refractivity contribution in [1.82, 2.24) is 4.98 Å². The number of nitrogens with one attached hydrogen (secondary N) is 1. The van der Waals surface area contributed by atoms with Gasteiger partial charge in [0.15, 0.2) is 0 Å². The number of benzene rings is 2. The first kappa shape index (κ1) is 21.4. The van der Waals surface area contributed by atoms with Gasteiger partial charge in [0.1, 0.15) is 18.2 Å². The number of carbonyl (C=O) groups is 1. The van der Waals surface area contributed by atoms with Crippen LogP contribution in [-0.4, -0.2) is 11.1 Å². The molecule has 0 fully saturated rings. The zero-order valence-electron chi connectivity index (χ0n) is 15.1. The van der Waals surface area contributed by atoms with Gasteiger partial charge in [0.05, 0.1) is 16.8 Å². The van der Waals surface area contributed by atoms with Crippen molar-refractivity contribution >= 4 is 29.2 Å². The molecule has 156 valence electrons. The van der Waals surface area contributed by atoms with Crippen molar-refractivity contribution in [3.8, 4) is 11.1 Å². The van der Waals surface area contributed by atoms with Crippen LogP contribution in [0.4, 0.5) is 33.9 Å². The van der Waals surface area contributed by atoms with E-state index in [1.807, 2.05) is 0 Å². The van der Waals surface area contributed by atoms with Crippen molar-refractivity contribution in [1.29, 1.82) is 0 Å². The number of nitrogens with two attached hydrogens (primary N) is 1. The molecule has 0 bridgehead atoms. The van der Waals surface area contributed by atoms with E-state index < -0.39 is 28.7 Å². The first-order valence-corrected chi connectivity index (χ1v) is 8.82. The van der Waals surface area contributed by atoms with Crippen molar-refractivity contribution in [2.24, 2.45) is 0 Å². The number of aromatic nitrogens is 1. The molecule has 30 heavy (non-hydrogen) atoms. The zero-order valence-corrected chi connectivity index (χ0v) is 15.9. The molecular formula is C20H14ClF4N3O2. The molecular weight excluding hydrogens is 426 g/mol. The number of nitrogen functional groups attached to an aromatic ring is 1. The van der Waals surface area contributed by atoms with Crippen LogP contribution < -0.4 is 11.1 Å². The van der Waals surface area contributed by atoms with Gasteiger partial charge >= 0.3 is 12.3 Å². The number of alkyl halides is 3. The quantitative estimate of drug-likeness (QED) is 0.497. The summed E-state index contributed by atoms with van der Waals surface area (Å²) in [7, 11) is 0. The third kappa shape index (κ3) is 5.18. The predicted octanol–water partition coefficient (Wildman–Crippen LogP) is 5.89. The zero-order chi connectivity index (χ0) is 21.9. The number of rotatable bonds is 4. The third-order valence-electron chi connectivity index (χ3n) is 4.01. The largest absolute Gasteiger partial charge is 0.444 e. The molecule has 3 N–H and O–H groups in total. The lowest BCUT2D eigenvalue weighted by molar-refractivity contribution is -0.137. The van der Waals surface area contributed by atoms with Gasteiger partial charge in [0, 0.05) is 11.3 Å². The first-order valence-electron chi connectivity index (χ1n) is 8.44. The van der Waals surface area contributed by atoms with E-state index in [-0.39, 0.29) is 18.1 Å². The number of ether oxygens (including phenoxy) is 1. The second-order valence-corrected chi connectivity index (χ2v) is 6.59. The lowest BCUT2D eigenvalue weighted by atomic mass is 10.0. The highest BCUT2D eigenvalue weighted by molar-refractivity contribution is 6.31. The SMILES string of the molecule is Nc1ncc(F)cc1-c1cccc(COC(=O)Nc2ccc(Cl)c(C(F)(F)F)c2)c1. The molecule has 3 rings (SSSR count). The minimum Gasteiger partial charge on any atom is -0.444 e. The van der Waals surface area contributed by atoms with E-state index in [1.54, 1.807) is 24.3 Å². The summed E-state index contributed by atoms with van der Waals surface area (Å²) in [6.45, 7) is -0.179. The summed E-state index contributed by atoms with van der Waals surface area (Å²) in [4.78, 5) is 15.7. The van der Waals surface area contributed by atoms with E-state index in [0.29, 0.717) is 22.8 Å². The van der Waals surface area contributed by atoms with Crippen LogP contribution in [0.2, 0.25) is 5.02 Å². The average molecular weight is 440 g/mol. The molecule has 2 aromatic carbocycles. The summed E-state index contributed by atoms with van der Waals surface area (Å²) in [5.74, 6) is -0.420. The number of hydrogen-bond acceptors (Lipinski definition) is 4. The number of amides is 1. The van der Waals surface area contributed by atoms with Crippen LogP contribution in [0.15, 0.2) is 54.7 Å². The van der Waals surface area contributed by atoms with Gasteiger partial charge in [0.25, 0.3) is 0 Å². The molecule has 0 saturated heterocycles. The van der Waals surface area contributed by atoms with Gasteiger partial charge in [-0.3, -0.25) is 5.32 Å². The van der Waals surface area contributed by atoms with Crippen molar-refractivity contribution in [2.75, 3.05) is 11.1 Å². The smallest absolute Gasteiger partial charge is 0.417 e. The minimum absolute atomic E-state index is 0.121. The van der Waals surface area contributed by atoms with E-state index in [9.17, 15) is 22.4 Å². The Morgan fingerprint density at radius 3 is 2.67 bits per heavy atom. The second-order valence-electron chi connectivity index (χ2n) is 6.18. The topological polar surface area (TPSA) is 77.2 Å². The van der Waals surface area contributed by atoms with Gasteiger partial charge in [-0.25, -0.2) is 14.2 Å². The highest BCUT2D eigenvalue weighted by Gasteiger charge is 2.33. The van der Waals surface area contributed by atoms with Crippen molar-refractivity contribution in [3.05, 3.63) is 76.7 Å². The van der Waals surface area contributed by atoms with Crippen LogP contribution in [0.5, 0.6) is 0 Å². The fourth-order valence-electron chi connectivity index (χ4n) is 2.63. The molecule has 0 spiro atoms. The molecule has 0 saturated carbocycles. The minimum atomic E-state index is -4.66. The number of nitrogens with zero attached hydrogens (tertiary/aromatic N) is 1. The van der Waals surface area contributed by atoms with Crippen molar-refractivity contribution in [3.63, 3.8) is 0 Å². The molecule has 1 amide bonds. The Morgan fingerprint density at radius 1 is 1.17 bits per heavy atom. The normalized spacial score (nSPS) is 11.2. The van der Waals surface area contributed by atoms with E-state index in [2.05, 4.69) is 10.3 Å². The number of carbonyl (C=O) groups excluding carboxylic acids is 1. The molecule has 1 heterocycles. The molecule has 0 atom stereocenters. The van der Waals surface area contributed by atoms with Crippen LogP contribution in [0.3, 0.4) is 0 Å². The van der Waals surface area contributed by atoms with Crippen molar-refractivity contribution < 1.29 is 27.1 Å². The fraction of sp³-hybridized carbons (Fsp3) is 0.100. The number of hydrogen-bond donors (Lipinski definition) is 2. The van der Waals surface area contributed by atoms with Gasteiger partial charge in [-0.1, -0.05) is 29.8 Å². The Morgan fingerprint density at radius 2 is 1.93 bits per heavy atom. The second kappa shape index (κ2) is 8.58. The number of halogens is 5. The average Bonchev–Trinajstić information content (AvgIpc) is 2.69. The van der Waals surface area contributed by atoms with Gasteiger partial charge in [-0.05, 0) is 41.5 Å². The van der Waals surface area contributed by atoms with Crippen LogP contribution in [0, 0.1) is 5.82 Å². The van der Waals surface area contributed by atoms with Crippen LogP contribution >= 0.6 is 11.6 Å². The summed E-state index contributed by atoms with van der Waals surface area (Å²) in [6, 6.07) is 10.8. The van der Waals surface area contributed by atoms with Gasteiger partial charge in [0.2, 0.25) is 0 Å². The first-order chi connectivity index (χ1) is 14.1. The van der Waals surface area contributed by atoms with E-state index in [0.717, 1.165) is 12.3 Å². The molecule has 0 aliphatic rings. The van der Waals surface area contributed by atoms with Gasteiger partial charge in [-0.2, -0.15) is 13.2 Å². The Balaban J connectivity index is 1.68. The Bertz CT molecular complexity index is 1090. The Kier molecular flexibility index (Phi) is 6.12. The molecule has 0 radical (unpaired) electrons. The predicted molar refractivity (Wildman–Crippen MR) is 104 cm³/mol. The monoisotopic (exact) mass is 439 g/mol. The van der Waals surface area contributed by atoms with E-state index in [1.165, 1.54) is 12.1 Å². The molecule has 0 aliphatic heterocycles. The molecule has 5 nitrogen and oxygen atoms in total. The summed E-state index contributed by atoms with van der Waals surface area (Å²) < 4.78 is 57.2. The van der Waals surface area contributed by atoms with Crippen LogP contribution in [0.25, 0.3) is 11.1 Å². The molecule has 0 aliphatic carbocycles. The fourth-order valence-corrected chi connectivity index (χ4v) is 2.86. The maximum atomic E-state index is 13.4. The number of pyridine rings is 1. The molecule has 1 aromatic heterocycles. The molecule has 3 aromatic rings.